The van der Waals surface area contributed by atoms with Crippen LogP contribution in [0.2, 0.25) is 0 Å². The molecule has 0 heterocycles. The summed E-state index contributed by atoms with van der Waals surface area (Å²) < 4.78 is 64.6. The average molecular weight is 1180 g/mol. The van der Waals surface area contributed by atoms with Gasteiger partial charge >= 0.3 is 17.9 Å². The SMILES string of the molecule is C=C(OCCCOCCCOC)c1ccc(C(=O)Oc2ccc(C#N)cc2)cc1.C=C(OCCCOCCCOC)c1ccc(C(=O)Oc2ccc(OC)cc2)cc1.C=Cc1ccc(OCOc2ccc(OC(=O)c3ccc(C=C)cc3)cc2C)cc1. The Hall–Kier alpha value is -9.76. The Morgan fingerprint density at radius 3 is 1.22 bits per heavy atom. The Morgan fingerprint density at radius 1 is 0.437 bits per heavy atom. The molecular weight excluding hydrogens is 1110 g/mol. The van der Waals surface area contributed by atoms with Gasteiger partial charge in [0.2, 0.25) is 6.79 Å². The Balaban J connectivity index is 0.000000238. The monoisotopic (exact) mass is 1180 g/mol. The first-order valence-corrected chi connectivity index (χ1v) is 28.0. The molecule has 7 rings (SSSR count). The zero-order valence-corrected chi connectivity index (χ0v) is 49.8. The summed E-state index contributed by atoms with van der Waals surface area (Å²) >= 11 is 0. The lowest BCUT2D eigenvalue weighted by Gasteiger charge is -2.12. The van der Waals surface area contributed by atoms with Crippen LogP contribution in [0.1, 0.15) is 90.1 Å². The molecule has 0 aliphatic carbocycles. The highest BCUT2D eigenvalue weighted by atomic mass is 16.7. The largest absolute Gasteiger partial charge is 0.497 e. The van der Waals surface area contributed by atoms with Gasteiger partial charge in [-0.1, -0.05) is 87.0 Å². The van der Waals surface area contributed by atoms with Gasteiger partial charge in [-0.3, -0.25) is 0 Å². The molecule has 16 heteroatoms. The molecule has 0 bridgehead atoms. The van der Waals surface area contributed by atoms with Crippen LogP contribution in [0.3, 0.4) is 0 Å². The van der Waals surface area contributed by atoms with E-state index in [-0.39, 0.29) is 6.79 Å². The van der Waals surface area contributed by atoms with Crippen LogP contribution in [0, 0.1) is 18.3 Å². The molecule has 7 aromatic carbocycles. The molecule has 0 spiro atoms. The van der Waals surface area contributed by atoms with E-state index in [2.05, 4.69) is 26.3 Å². The molecule has 16 nitrogen and oxygen atoms in total. The number of nitriles is 1. The summed E-state index contributed by atoms with van der Waals surface area (Å²) in [4.78, 5) is 36.8. The number of esters is 3. The molecule has 87 heavy (non-hydrogen) atoms. The van der Waals surface area contributed by atoms with Crippen molar-refractivity contribution in [3.8, 4) is 40.6 Å². The van der Waals surface area contributed by atoms with E-state index in [1.54, 1.807) is 161 Å². The second-order valence-electron chi connectivity index (χ2n) is 18.7. The number of aryl methyl sites for hydroxylation is 1. The third kappa shape index (κ3) is 25.2. The zero-order valence-electron chi connectivity index (χ0n) is 49.8. The fourth-order valence-electron chi connectivity index (χ4n) is 7.48. The van der Waals surface area contributed by atoms with Gasteiger partial charge in [0.05, 0.1) is 48.6 Å². The van der Waals surface area contributed by atoms with Crippen molar-refractivity contribution < 1.29 is 71.2 Å². The normalized spacial score (nSPS) is 10.2. The van der Waals surface area contributed by atoms with Crippen LogP contribution in [-0.4, -0.2) is 98.9 Å². The van der Waals surface area contributed by atoms with Gasteiger partial charge in [-0.05, 0) is 152 Å². The van der Waals surface area contributed by atoms with E-state index in [9.17, 15) is 14.4 Å². The lowest BCUT2D eigenvalue weighted by atomic mass is 10.1. The van der Waals surface area contributed by atoms with Crippen molar-refractivity contribution in [2.45, 2.75) is 32.6 Å². The van der Waals surface area contributed by atoms with Crippen LogP contribution in [0.25, 0.3) is 23.7 Å². The molecule has 0 aliphatic heterocycles. The number of benzene rings is 7. The van der Waals surface area contributed by atoms with E-state index in [1.165, 1.54) is 0 Å². The summed E-state index contributed by atoms with van der Waals surface area (Å²) in [6.07, 6.45) is 6.80. The number of carbonyl (C=O) groups is 3. The molecular formula is C71H75NO15. The van der Waals surface area contributed by atoms with Gasteiger partial charge in [-0.15, -0.1) is 0 Å². The third-order valence-electron chi connectivity index (χ3n) is 12.3. The topological polar surface area (TPSA) is 186 Å². The average Bonchev–Trinajstić information content (AvgIpc) is 3.76. The van der Waals surface area contributed by atoms with E-state index in [4.69, 9.17) is 62.1 Å². The van der Waals surface area contributed by atoms with Crippen molar-refractivity contribution >= 4 is 41.6 Å². The van der Waals surface area contributed by atoms with Crippen molar-refractivity contribution in [2.24, 2.45) is 0 Å². The minimum Gasteiger partial charge on any atom is -0.497 e. The molecule has 0 N–H and O–H groups in total. The van der Waals surface area contributed by atoms with Gasteiger partial charge in [0.15, 0.2) is 0 Å². The number of ether oxygens (including phenoxy) is 12. The molecule has 0 fully saturated rings. The van der Waals surface area contributed by atoms with Crippen LogP contribution in [0.5, 0.6) is 34.5 Å². The second-order valence-corrected chi connectivity index (χ2v) is 18.7. The standard InChI is InChI=1S/C25H22O4.C23H25NO5.C23H28O6/c1-4-19-6-10-21(11-7-19)25(26)29-23-14-15-24(18(3)16-23)28-17-27-22-12-8-20(5-2)9-13-22;1-18(28-16-4-15-27-14-3-13-26-2)20-7-9-21(10-8-20)23(25)29-22-11-5-19(17-24)6-12-22;1-18(28-17-5-16-27-15-4-14-25-2)19-6-8-20(9-7-19)23(24)29-22-12-10-21(26-3)11-13-22/h4-16H,1-2,17H2,3H3;5-12H,1,3-4,13-16H2,2H3;6-13H,1,4-5,14-17H2,2-3H3. The summed E-state index contributed by atoms with van der Waals surface area (Å²) in [5.41, 5.74) is 6.25. The van der Waals surface area contributed by atoms with Gasteiger partial charge in [-0.2, -0.15) is 5.26 Å². The summed E-state index contributed by atoms with van der Waals surface area (Å²) in [5.74, 6) is 3.13. The smallest absolute Gasteiger partial charge is 0.343 e. The van der Waals surface area contributed by atoms with Gasteiger partial charge in [0.25, 0.3) is 0 Å². The fourth-order valence-corrected chi connectivity index (χ4v) is 7.48. The molecule has 7 aromatic rings. The first-order chi connectivity index (χ1) is 42.4. The zero-order chi connectivity index (χ0) is 62.4. The molecule has 0 aliphatic rings. The van der Waals surface area contributed by atoms with Crippen molar-refractivity contribution in [3.63, 3.8) is 0 Å². The Bertz CT molecular complexity index is 3280. The predicted octanol–water partition coefficient (Wildman–Crippen LogP) is 14.5. The quantitative estimate of drug-likeness (QED) is 0.0124. The molecule has 0 aromatic heterocycles. The molecule has 0 saturated carbocycles. The van der Waals surface area contributed by atoms with Gasteiger partial charge in [0, 0.05) is 77.8 Å². The maximum absolute atomic E-state index is 12.3. The minimum absolute atomic E-state index is 0.0725. The van der Waals surface area contributed by atoms with Crippen LogP contribution in [0.15, 0.2) is 190 Å². The molecule has 0 radical (unpaired) electrons. The highest BCUT2D eigenvalue weighted by Gasteiger charge is 2.14. The van der Waals surface area contributed by atoms with E-state index in [0.29, 0.717) is 121 Å². The fraction of sp³-hybridized carbons (Fsp3) is 0.239. The Labute approximate surface area is 510 Å². The number of hydrogen-bond acceptors (Lipinski definition) is 16. The number of methoxy groups -OCH3 is 3. The van der Waals surface area contributed by atoms with Crippen molar-refractivity contribution in [1.82, 2.24) is 0 Å². The Kier molecular flexibility index (Phi) is 30.5. The summed E-state index contributed by atoms with van der Waals surface area (Å²) in [5, 5.41) is 8.79. The second kappa shape index (κ2) is 39.0. The lowest BCUT2D eigenvalue weighted by Crippen LogP contribution is -2.09. The maximum Gasteiger partial charge on any atom is 0.343 e. The van der Waals surface area contributed by atoms with Gasteiger partial charge in [0.1, 0.15) is 46.0 Å². The minimum atomic E-state index is -0.474. The third-order valence-corrected chi connectivity index (χ3v) is 12.3. The van der Waals surface area contributed by atoms with Crippen molar-refractivity contribution in [3.05, 3.63) is 240 Å². The highest BCUT2D eigenvalue weighted by molar-refractivity contribution is 5.92. The van der Waals surface area contributed by atoms with Crippen LogP contribution in [0.4, 0.5) is 0 Å². The number of rotatable bonds is 33. The van der Waals surface area contributed by atoms with Gasteiger partial charge < -0.3 is 56.8 Å². The molecule has 454 valence electrons. The Morgan fingerprint density at radius 2 is 0.805 bits per heavy atom. The summed E-state index contributed by atoms with van der Waals surface area (Å²) in [7, 11) is 4.93. The lowest BCUT2D eigenvalue weighted by molar-refractivity contribution is 0.0724. The molecule has 0 atom stereocenters. The highest BCUT2D eigenvalue weighted by Crippen LogP contribution is 2.26. The summed E-state index contributed by atoms with van der Waals surface area (Å²) in [6.45, 7) is 22.3. The van der Waals surface area contributed by atoms with E-state index in [0.717, 1.165) is 53.5 Å². The van der Waals surface area contributed by atoms with Crippen LogP contribution in [-0.2, 0) is 28.4 Å². The first-order valence-electron chi connectivity index (χ1n) is 28.0. The summed E-state index contributed by atoms with van der Waals surface area (Å²) in [6, 6.07) is 48.8. The van der Waals surface area contributed by atoms with Crippen LogP contribution < -0.4 is 28.4 Å². The van der Waals surface area contributed by atoms with E-state index in [1.807, 2.05) is 49.4 Å². The molecule has 0 amide bonds. The van der Waals surface area contributed by atoms with Gasteiger partial charge in [-0.25, -0.2) is 14.4 Å². The first kappa shape index (κ1) is 68.0. The van der Waals surface area contributed by atoms with Crippen molar-refractivity contribution in [2.75, 3.05) is 81.0 Å². The molecule has 0 saturated heterocycles. The number of carbonyl (C=O) groups excluding carboxylic acids is 3. The van der Waals surface area contributed by atoms with E-state index < -0.39 is 17.9 Å². The maximum atomic E-state index is 12.3. The predicted molar refractivity (Wildman–Crippen MR) is 336 cm³/mol. The van der Waals surface area contributed by atoms with Crippen molar-refractivity contribution in [1.29, 1.82) is 5.26 Å². The van der Waals surface area contributed by atoms with E-state index >= 15 is 0 Å². The van der Waals surface area contributed by atoms with Crippen LogP contribution >= 0.6 is 0 Å². The number of nitrogens with zero attached hydrogens (tertiary/aromatic N) is 1. The molecule has 0 unspecified atom stereocenters. The number of hydrogen-bond donors (Lipinski definition) is 0.